The van der Waals surface area contributed by atoms with Crippen LogP contribution in [0.3, 0.4) is 0 Å². The maximum Gasteiger partial charge on any atom is 0.417 e. The fourth-order valence-corrected chi connectivity index (χ4v) is 3.90. The molecule has 1 aromatic carbocycles. The molecule has 2 atom stereocenters. The molecular formula is C19H21F3N4. The second-order valence-electron chi connectivity index (χ2n) is 7.34. The number of hydrogen-bond acceptors (Lipinski definition) is 3. The Labute approximate surface area is 150 Å². The molecule has 138 valence electrons. The highest BCUT2D eigenvalue weighted by atomic mass is 19.4. The Hall–Kier alpha value is -2.49. The van der Waals surface area contributed by atoms with Gasteiger partial charge >= 0.3 is 6.18 Å². The molecule has 1 aromatic heterocycles. The molecule has 2 unspecified atom stereocenters. The Kier molecular flexibility index (Phi) is 4.70. The van der Waals surface area contributed by atoms with Gasteiger partial charge in [-0.25, -0.2) is 4.98 Å². The van der Waals surface area contributed by atoms with Crippen molar-refractivity contribution in [2.75, 3.05) is 5.32 Å². The first-order chi connectivity index (χ1) is 12.2. The number of anilines is 1. The summed E-state index contributed by atoms with van der Waals surface area (Å²) < 4.78 is 41.7. The minimum Gasteiger partial charge on any atom is -0.382 e. The number of hydrogen-bond donors (Lipinski definition) is 1. The second-order valence-corrected chi connectivity index (χ2v) is 7.34. The molecule has 1 N–H and O–H groups in total. The van der Waals surface area contributed by atoms with Gasteiger partial charge in [0.2, 0.25) is 0 Å². The number of alkyl halides is 3. The second kappa shape index (κ2) is 6.67. The summed E-state index contributed by atoms with van der Waals surface area (Å²) in [6, 6.07) is 5.66. The molecule has 4 nitrogen and oxygen atoms in total. The average molecular weight is 362 g/mol. The predicted octanol–water partition coefficient (Wildman–Crippen LogP) is 5.01. The van der Waals surface area contributed by atoms with Crippen LogP contribution in [0.5, 0.6) is 0 Å². The van der Waals surface area contributed by atoms with Crippen LogP contribution < -0.4 is 5.32 Å². The van der Waals surface area contributed by atoms with Gasteiger partial charge in [-0.2, -0.15) is 18.4 Å². The van der Waals surface area contributed by atoms with Crippen LogP contribution in [0.25, 0.3) is 0 Å². The molecule has 0 saturated heterocycles. The van der Waals surface area contributed by atoms with Crippen molar-refractivity contribution in [1.82, 2.24) is 9.55 Å². The Balaban J connectivity index is 1.87. The van der Waals surface area contributed by atoms with E-state index in [0.717, 1.165) is 25.3 Å². The van der Waals surface area contributed by atoms with Crippen LogP contribution in [0.1, 0.15) is 50.3 Å². The summed E-state index contributed by atoms with van der Waals surface area (Å²) in [6.07, 6.45) is 3.76. The van der Waals surface area contributed by atoms with Gasteiger partial charge in [0.05, 0.1) is 23.5 Å². The van der Waals surface area contributed by atoms with Gasteiger partial charge < -0.3 is 9.88 Å². The van der Waals surface area contributed by atoms with E-state index in [4.69, 9.17) is 5.26 Å². The number of nitriles is 1. The summed E-state index contributed by atoms with van der Waals surface area (Å²) in [5, 5.41) is 12.2. The van der Waals surface area contributed by atoms with E-state index >= 15 is 0 Å². The summed E-state index contributed by atoms with van der Waals surface area (Å²) in [5.74, 6) is 0. The van der Waals surface area contributed by atoms with Gasteiger partial charge in [-0.3, -0.25) is 0 Å². The van der Waals surface area contributed by atoms with Crippen molar-refractivity contribution in [3.8, 4) is 6.07 Å². The third-order valence-electron chi connectivity index (χ3n) is 5.40. The van der Waals surface area contributed by atoms with E-state index in [1.165, 1.54) is 6.07 Å². The molecule has 0 radical (unpaired) electrons. The first-order valence-corrected chi connectivity index (χ1v) is 8.59. The molecular weight excluding hydrogens is 341 g/mol. The van der Waals surface area contributed by atoms with Crippen molar-refractivity contribution in [1.29, 1.82) is 5.26 Å². The average Bonchev–Trinajstić information content (AvgIpc) is 3.09. The Bertz CT molecular complexity index is 803. The lowest BCUT2D eigenvalue weighted by Crippen LogP contribution is -2.45. The number of halogens is 3. The van der Waals surface area contributed by atoms with Gasteiger partial charge in [0.1, 0.15) is 0 Å². The Morgan fingerprint density at radius 1 is 1.31 bits per heavy atom. The quantitative estimate of drug-likeness (QED) is 0.835. The fraction of sp³-hybridized carbons (Fsp3) is 0.474. The molecule has 0 aliphatic heterocycles. The van der Waals surface area contributed by atoms with E-state index in [9.17, 15) is 13.2 Å². The molecule has 2 aromatic rings. The van der Waals surface area contributed by atoms with Crippen LogP contribution in [0.2, 0.25) is 0 Å². The Morgan fingerprint density at radius 2 is 2.08 bits per heavy atom. The predicted molar refractivity (Wildman–Crippen MR) is 92.5 cm³/mol. The molecule has 1 saturated carbocycles. The fourth-order valence-electron chi connectivity index (χ4n) is 3.90. The van der Waals surface area contributed by atoms with Gasteiger partial charge in [-0.15, -0.1) is 0 Å². The number of rotatable bonds is 3. The van der Waals surface area contributed by atoms with E-state index < -0.39 is 11.7 Å². The van der Waals surface area contributed by atoms with E-state index in [-0.39, 0.29) is 23.1 Å². The molecule has 1 heterocycles. The van der Waals surface area contributed by atoms with Crippen LogP contribution in [-0.2, 0) is 6.18 Å². The zero-order valence-electron chi connectivity index (χ0n) is 14.7. The molecule has 3 rings (SSSR count). The lowest BCUT2D eigenvalue weighted by atomic mass is 9.69. The highest BCUT2D eigenvalue weighted by Gasteiger charge is 2.41. The molecule has 0 bridgehead atoms. The van der Waals surface area contributed by atoms with E-state index in [1.54, 1.807) is 24.7 Å². The van der Waals surface area contributed by atoms with E-state index in [2.05, 4.69) is 28.7 Å². The summed E-state index contributed by atoms with van der Waals surface area (Å²) in [5.41, 5.74) is -1.04. The van der Waals surface area contributed by atoms with Crippen LogP contribution in [0, 0.1) is 16.7 Å². The third kappa shape index (κ3) is 3.41. The standard InChI is InChI=1S/C19H21F3N4/c1-18(2)16(4-3-5-17(18)26-9-8-24-12-26)25-14-7-6-13(11-23)15(10-14)19(20,21)22/h6-10,12,16-17,25H,3-5H2,1-2H3. The molecule has 0 amide bonds. The Morgan fingerprint density at radius 3 is 2.69 bits per heavy atom. The van der Waals surface area contributed by atoms with Crippen molar-refractivity contribution in [2.24, 2.45) is 5.41 Å². The van der Waals surface area contributed by atoms with Crippen molar-refractivity contribution >= 4 is 5.69 Å². The monoisotopic (exact) mass is 362 g/mol. The summed E-state index contributed by atoms with van der Waals surface area (Å²) >= 11 is 0. The zero-order valence-corrected chi connectivity index (χ0v) is 14.7. The number of imidazole rings is 1. The van der Waals surface area contributed by atoms with Gasteiger partial charge in [0.15, 0.2) is 0 Å². The normalized spacial score (nSPS) is 22.6. The minimum atomic E-state index is -4.55. The molecule has 0 spiro atoms. The van der Waals surface area contributed by atoms with Gasteiger partial charge in [-0.1, -0.05) is 13.8 Å². The molecule has 26 heavy (non-hydrogen) atoms. The lowest BCUT2D eigenvalue weighted by molar-refractivity contribution is -0.137. The minimum absolute atomic E-state index is 0.0117. The molecule has 1 aliphatic carbocycles. The van der Waals surface area contributed by atoms with Gasteiger partial charge in [0, 0.05) is 35.6 Å². The van der Waals surface area contributed by atoms with Crippen molar-refractivity contribution in [3.63, 3.8) is 0 Å². The smallest absolute Gasteiger partial charge is 0.382 e. The zero-order chi connectivity index (χ0) is 18.9. The molecule has 1 fully saturated rings. The first-order valence-electron chi connectivity index (χ1n) is 8.59. The summed E-state index contributed by atoms with van der Waals surface area (Å²) in [7, 11) is 0. The van der Waals surface area contributed by atoms with Crippen molar-refractivity contribution < 1.29 is 13.2 Å². The van der Waals surface area contributed by atoms with Crippen molar-refractivity contribution in [3.05, 3.63) is 48.0 Å². The van der Waals surface area contributed by atoms with Crippen molar-refractivity contribution in [2.45, 2.75) is 51.4 Å². The highest BCUT2D eigenvalue weighted by Crippen LogP contribution is 2.45. The molecule has 1 aliphatic rings. The topological polar surface area (TPSA) is 53.6 Å². The van der Waals surface area contributed by atoms with Gasteiger partial charge in [0.25, 0.3) is 0 Å². The number of nitrogens with one attached hydrogen (secondary N) is 1. The van der Waals surface area contributed by atoms with E-state index in [1.807, 2.05) is 6.20 Å². The number of benzene rings is 1. The highest BCUT2D eigenvalue weighted by molar-refractivity contribution is 5.53. The molecule has 7 heteroatoms. The first kappa shape index (κ1) is 18.3. The van der Waals surface area contributed by atoms with Crippen LogP contribution in [-0.4, -0.2) is 15.6 Å². The summed E-state index contributed by atoms with van der Waals surface area (Å²) in [6.45, 7) is 4.26. The van der Waals surface area contributed by atoms with Crippen LogP contribution in [0.15, 0.2) is 36.9 Å². The number of nitrogens with zero attached hydrogens (tertiary/aromatic N) is 3. The maximum absolute atomic E-state index is 13.2. The largest absolute Gasteiger partial charge is 0.417 e. The van der Waals surface area contributed by atoms with Crippen LogP contribution in [0.4, 0.5) is 18.9 Å². The maximum atomic E-state index is 13.2. The lowest BCUT2D eigenvalue weighted by Gasteiger charge is -2.46. The number of aromatic nitrogens is 2. The van der Waals surface area contributed by atoms with Gasteiger partial charge in [-0.05, 0) is 37.5 Å². The van der Waals surface area contributed by atoms with E-state index in [0.29, 0.717) is 5.69 Å². The third-order valence-corrected chi connectivity index (χ3v) is 5.40. The SMILES string of the molecule is CC1(C)C(Nc2ccc(C#N)c(C(F)(F)F)c2)CCCC1n1ccnc1. The summed E-state index contributed by atoms with van der Waals surface area (Å²) in [4.78, 5) is 4.12. The van der Waals surface area contributed by atoms with Crippen LogP contribution >= 0.6 is 0 Å².